The summed E-state index contributed by atoms with van der Waals surface area (Å²) in [6.45, 7) is 7.42. The number of benzene rings is 2. The van der Waals surface area contributed by atoms with E-state index < -0.39 is 0 Å². The molecule has 0 saturated carbocycles. The summed E-state index contributed by atoms with van der Waals surface area (Å²) in [5, 5.41) is 3.01. The van der Waals surface area contributed by atoms with Gasteiger partial charge < -0.3 is 15.0 Å². The summed E-state index contributed by atoms with van der Waals surface area (Å²) in [5.41, 5.74) is 2.25. The van der Waals surface area contributed by atoms with E-state index in [1.54, 1.807) is 0 Å². The van der Waals surface area contributed by atoms with Gasteiger partial charge in [-0.1, -0.05) is 60.7 Å². The van der Waals surface area contributed by atoms with E-state index in [0.717, 1.165) is 17.7 Å². The standard InChI is InChI=1S/C29H37N3O3/c1-22(2)30-28(33)17-24-14-15-32-20-25(24)12-8-16-35-27-13-7-6-11-26(27)19-31(21-29(32)34)18-23-9-4-3-5-10-23/h3-13,22,24-25H,14-21H2,1-2H3,(H,30,33)/b12-8-/t24-,25-/m0/s1. The molecule has 2 aliphatic heterocycles. The van der Waals surface area contributed by atoms with Gasteiger partial charge in [0, 0.05) is 44.2 Å². The lowest BCUT2D eigenvalue weighted by atomic mass is 9.82. The average molecular weight is 476 g/mol. The van der Waals surface area contributed by atoms with Crippen molar-refractivity contribution in [3.8, 4) is 5.75 Å². The maximum atomic E-state index is 13.5. The quantitative estimate of drug-likeness (QED) is 0.664. The molecule has 0 aliphatic carbocycles. The Morgan fingerprint density at radius 1 is 1.09 bits per heavy atom. The molecule has 1 N–H and O–H groups in total. The van der Waals surface area contributed by atoms with E-state index in [-0.39, 0.29) is 29.7 Å². The first-order valence-electron chi connectivity index (χ1n) is 12.7. The topological polar surface area (TPSA) is 61.9 Å². The largest absolute Gasteiger partial charge is 0.489 e. The second-order valence-corrected chi connectivity index (χ2v) is 9.96. The molecule has 0 spiro atoms. The Morgan fingerprint density at radius 2 is 1.86 bits per heavy atom. The Balaban J connectivity index is 1.55. The van der Waals surface area contributed by atoms with Crippen LogP contribution in [0, 0.1) is 11.8 Å². The summed E-state index contributed by atoms with van der Waals surface area (Å²) >= 11 is 0. The van der Waals surface area contributed by atoms with Crippen molar-refractivity contribution in [3.63, 3.8) is 0 Å². The number of fused-ring (bicyclic) bond motifs is 3. The Morgan fingerprint density at radius 3 is 2.66 bits per heavy atom. The van der Waals surface area contributed by atoms with Crippen LogP contribution in [-0.2, 0) is 22.7 Å². The van der Waals surface area contributed by atoms with Crippen molar-refractivity contribution in [3.05, 3.63) is 77.9 Å². The lowest BCUT2D eigenvalue weighted by molar-refractivity contribution is -0.135. The summed E-state index contributed by atoms with van der Waals surface area (Å²) in [7, 11) is 0. The van der Waals surface area contributed by atoms with Crippen LogP contribution in [0.5, 0.6) is 5.75 Å². The highest BCUT2D eigenvalue weighted by atomic mass is 16.5. The lowest BCUT2D eigenvalue weighted by Gasteiger charge is -2.38. The summed E-state index contributed by atoms with van der Waals surface area (Å²) in [6, 6.07) is 18.5. The van der Waals surface area contributed by atoms with E-state index >= 15 is 0 Å². The van der Waals surface area contributed by atoms with E-state index in [2.05, 4.69) is 34.5 Å². The van der Waals surface area contributed by atoms with E-state index in [1.165, 1.54) is 5.56 Å². The van der Waals surface area contributed by atoms with Crippen LogP contribution in [-0.4, -0.2) is 53.9 Å². The van der Waals surface area contributed by atoms with Crippen molar-refractivity contribution in [1.82, 2.24) is 15.1 Å². The monoisotopic (exact) mass is 475 g/mol. The van der Waals surface area contributed by atoms with Crippen molar-refractivity contribution >= 4 is 11.8 Å². The van der Waals surface area contributed by atoms with Gasteiger partial charge in [-0.15, -0.1) is 0 Å². The van der Waals surface area contributed by atoms with Gasteiger partial charge in [-0.2, -0.15) is 0 Å². The van der Waals surface area contributed by atoms with Crippen LogP contribution in [0.3, 0.4) is 0 Å². The van der Waals surface area contributed by atoms with Gasteiger partial charge in [0.25, 0.3) is 0 Å². The first-order chi connectivity index (χ1) is 17.0. The van der Waals surface area contributed by atoms with Crippen molar-refractivity contribution in [2.24, 2.45) is 11.8 Å². The molecule has 4 rings (SSSR count). The molecule has 2 bridgehead atoms. The number of nitrogens with one attached hydrogen (secondary N) is 1. The molecule has 2 aromatic carbocycles. The number of hydrogen-bond donors (Lipinski definition) is 1. The molecule has 35 heavy (non-hydrogen) atoms. The van der Waals surface area contributed by atoms with Crippen LogP contribution in [0.4, 0.5) is 0 Å². The van der Waals surface area contributed by atoms with E-state index in [0.29, 0.717) is 45.8 Å². The Labute approximate surface area is 208 Å². The summed E-state index contributed by atoms with van der Waals surface area (Å²) < 4.78 is 6.14. The predicted octanol–water partition coefficient (Wildman–Crippen LogP) is 4.02. The lowest BCUT2D eigenvalue weighted by Crippen LogP contribution is -2.48. The van der Waals surface area contributed by atoms with Gasteiger partial charge in [0.1, 0.15) is 12.4 Å². The highest BCUT2D eigenvalue weighted by molar-refractivity contribution is 5.79. The maximum absolute atomic E-state index is 13.5. The van der Waals surface area contributed by atoms with E-state index in [1.807, 2.05) is 61.2 Å². The van der Waals surface area contributed by atoms with Gasteiger partial charge in [0.05, 0.1) is 6.54 Å². The van der Waals surface area contributed by atoms with Crippen LogP contribution in [0.2, 0.25) is 0 Å². The van der Waals surface area contributed by atoms with Gasteiger partial charge in [-0.3, -0.25) is 14.5 Å². The molecule has 2 aromatic rings. The minimum absolute atomic E-state index is 0.0836. The third-order valence-corrected chi connectivity index (χ3v) is 6.75. The summed E-state index contributed by atoms with van der Waals surface area (Å²) in [6.07, 6.45) is 5.50. The molecular weight excluding hydrogens is 438 g/mol. The SMILES string of the molecule is CC(C)NC(=O)C[C@@H]1CCN2C[C@@H]1/C=C\COc1ccccc1CN(Cc1ccccc1)CC2=O. The predicted molar refractivity (Wildman–Crippen MR) is 138 cm³/mol. The molecule has 1 saturated heterocycles. The molecular formula is C29H37N3O3. The van der Waals surface area contributed by atoms with Crippen molar-refractivity contribution in [2.45, 2.75) is 45.8 Å². The van der Waals surface area contributed by atoms with Crippen LogP contribution in [0.1, 0.15) is 37.8 Å². The fourth-order valence-electron chi connectivity index (χ4n) is 5.03. The number of amides is 2. The Bertz CT molecular complexity index is 1020. The highest BCUT2D eigenvalue weighted by Gasteiger charge is 2.32. The van der Waals surface area contributed by atoms with Gasteiger partial charge in [0.15, 0.2) is 0 Å². The van der Waals surface area contributed by atoms with Crippen molar-refractivity contribution in [1.29, 1.82) is 0 Å². The molecule has 1 fully saturated rings. The highest BCUT2D eigenvalue weighted by Crippen LogP contribution is 2.29. The number of ether oxygens (including phenoxy) is 1. The molecule has 0 radical (unpaired) electrons. The Hall–Kier alpha value is -3.12. The minimum Gasteiger partial charge on any atom is -0.489 e. The summed E-state index contributed by atoms with van der Waals surface area (Å²) in [5.74, 6) is 1.42. The molecule has 2 amide bonds. The maximum Gasteiger partial charge on any atom is 0.236 e. The third kappa shape index (κ3) is 7.18. The number of carbonyl (C=O) groups excluding carboxylic acids is 2. The molecule has 0 unspecified atom stereocenters. The van der Waals surface area contributed by atoms with Crippen LogP contribution >= 0.6 is 0 Å². The van der Waals surface area contributed by atoms with Crippen molar-refractivity contribution in [2.75, 3.05) is 26.2 Å². The second kappa shape index (κ2) is 12.0. The number of piperidine rings is 1. The molecule has 186 valence electrons. The third-order valence-electron chi connectivity index (χ3n) is 6.75. The van der Waals surface area contributed by atoms with Crippen LogP contribution < -0.4 is 10.1 Å². The zero-order valence-corrected chi connectivity index (χ0v) is 20.9. The fraction of sp³-hybridized carbons (Fsp3) is 0.448. The molecule has 0 aromatic heterocycles. The van der Waals surface area contributed by atoms with Gasteiger partial charge in [-0.25, -0.2) is 0 Å². The van der Waals surface area contributed by atoms with Gasteiger partial charge in [-0.05, 0) is 43.7 Å². The first kappa shape index (κ1) is 25.0. The van der Waals surface area contributed by atoms with Crippen molar-refractivity contribution < 1.29 is 14.3 Å². The smallest absolute Gasteiger partial charge is 0.236 e. The van der Waals surface area contributed by atoms with Crippen LogP contribution in [0.15, 0.2) is 66.7 Å². The Kier molecular flexibility index (Phi) is 8.59. The molecule has 6 heteroatoms. The molecule has 2 heterocycles. The zero-order chi connectivity index (χ0) is 24.6. The normalized spacial score (nSPS) is 22.3. The number of nitrogens with zero attached hydrogens (tertiary/aromatic N) is 2. The molecule has 6 nitrogen and oxygen atoms in total. The van der Waals surface area contributed by atoms with Gasteiger partial charge >= 0.3 is 0 Å². The number of para-hydroxylation sites is 1. The molecule has 2 aliphatic rings. The van der Waals surface area contributed by atoms with Crippen LogP contribution in [0.25, 0.3) is 0 Å². The summed E-state index contributed by atoms with van der Waals surface area (Å²) in [4.78, 5) is 30.1. The fourth-order valence-corrected chi connectivity index (χ4v) is 5.03. The molecule has 2 atom stereocenters. The van der Waals surface area contributed by atoms with E-state index in [4.69, 9.17) is 4.74 Å². The number of carbonyl (C=O) groups is 2. The zero-order valence-electron chi connectivity index (χ0n) is 20.9. The minimum atomic E-state index is 0.0836. The second-order valence-electron chi connectivity index (χ2n) is 9.96. The van der Waals surface area contributed by atoms with Gasteiger partial charge in [0.2, 0.25) is 11.8 Å². The average Bonchev–Trinajstić information content (AvgIpc) is 2.84. The number of rotatable bonds is 5. The van der Waals surface area contributed by atoms with E-state index in [9.17, 15) is 9.59 Å². The number of hydrogen-bond acceptors (Lipinski definition) is 4. The first-order valence-corrected chi connectivity index (χ1v) is 12.7.